The second-order valence-corrected chi connectivity index (χ2v) is 12.8. The monoisotopic (exact) mass is 568 g/mol. The maximum Gasteiger partial charge on any atom is 0.342 e. The van der Waals surface area contributed by atoms with E-state index in [2.05, 4.69) is 29.8 Å². The Balaban J connectivity index is 1.26. The van der Waals surface area contributed by atoms with Crippen molar-refractivity contribution in [3.8, 4) is 0 Å². The Labute approximate surface area is 247 Å². The lowest BCUT2D eigenvalue weighted by atomic mass is 9.81. The molecule has 2 fully saturated rings. The number of amides is 2. The zero-order chi connectivity index (χ0) is 29.6. The van der Waals surface area contributed by atoms with Gasteiger partial charge in [-0.05, 0) is 56.0 Å². The van der Waals surface area contributed by atoms with Crippen molar-refractivity contribution in [1.82, 2.24) is 19.7 Å². The molecule has 3 aromatic rings. The third kappa shape index (κ3) is 5.60. The topological polar surface area (TPSA) is 85.9 Å². The zero-order valence-electron chi connectivity index (χ0n) is 25.0. The zero-order valence-corrected chi connectivity index (χ0v) is 25.0. The second-order valence-electron chi connectivity index (χ2n) is 12.8. The van der Waals surface area contributed by atoms with Gasteiger partial charge in [0.2, 0.25) is 5.91 Å². The molecule has 220 valence electrons. The molecular formula is C34H40N4O4. The van der Waals surface area contributed by atoms with Gasteiger partial charge in [-0.1, -0.05) is 44.2 Å². The summed E-state index contributed by atoms with van der Waals surface area (Å²) in [5, 5.41) is 1.04. The molecule has 3 heterocycles. The van der Waals surface area contributed by atoms with Gasteiger partial charge in [0.05, 0.1) is 17.4 Å². The molecule has 3 aliphatic rings. The van der Waals surface area contributed by atoms with E-state index in [9.17, 15) is 14.4 Å². The van der Waals surface area contributed by atoms with Crippen LogP contribution in [0.3, 0.4) is 0 Å². The number of hydrogen-bond acceptors (Lipinski definition) is 5. The van der Waals surface area contributed by atoms with Gasteiger partial charge >= 0.3 is 5.97 Å². The summed E-state index contributed by atoms with van der Waals surface area (Å²) in [6.07, 6.45) is 3.44. The molecule has 2 aliphatic heterocycles. The third-order valence-corrected chi connectivity index (χ3v) is 8.52. The fourth-order valence-electron chi connectivity index (χ4n) is 6.32. The minimum Gasteiger partial charge on any atom is -0.459 e. The van der Waals surface area contributed by atoms with E-state index in [1.54, 1.807) is 11.1 Å². The number of rotatable bonds is 6. The fraction of sp³-hybridized carbons (Fsp3) is 0.441. The van der Waals surface area contributed by atoms with Crippen LogP contribution in [0.1, 0.15) is 67.7 Å². The molecule has 0 spiro atoms. The molecule has 1 saturated heterocycles. The number of fused-ring (bicyclic) bond motifs is 3. The van der Waals surface area contributed by atoms with E-state index in [1.165, 1.54) is 0 Å². The third-order valence-electron chi connectivity index (χ3n) is 8.52. The average molecular weight is 569 g/mol. The molecule has 0 radical (unpaired) electrons. The van der Waals surface area contributed by atoms with E-state index in [-0.39, 0.29) is 17.9 Å². The van der Waals surface area contributed by atoms with Gasteiger partial charge in [-0.2, -0.15) is 0 Å². The predicted molar refractivity (Wildman–Crippen MR) is 163 cm³/mol. The molecule has 8 heteroatoms. The first-order valence-electron chi connectivity index (χ1n) is 15.1. The smallest absolute Gasteiger partial charge is 0.342 e. The Morgan fingerprint density at radius 1 is 1.00 bits per heavy atom. The Hall–Kier alpha value is -3.91. The van der Waals surface area contributed by atoms with Gasteiger partial charge in [0.15, 0.2) is 0 Å². The molecule has 6 rings (SSSR count). The Kier molecular flexibility index (Phi) is 7.43. The number of nitrogens with zero attached hydrogens (tertiary/aromatic N) is 3. The Bertz CT molecular complexity index is 1560. The first kappa shape index (κ1) is 28.2. The maximum absolute atomic E-state index is 14.1. The van der Waals surface area contributed by atoms with Crippen LogP contribution < -0.4 is 0 Å². The molecule has 0 atom stereocenters. The minimum atomic E-state index is -0.457. The number of para-hydroxylation sites is 1. The molecule has 1 saturated carbocycles. The molecule has 0 bridgehead atoms. The standard InChI is InChI=1S/C34H40N4O4/c1-22(2)42-33(41)27-20-38(21-34(3,4)29-26-10-5-6-11-28(26)35-30(27)29)32(40)25-9-7-8-23(18-25)19-36-14-16-37(17-15-36)31(39)24-12-13-24/h5-11,18,20,22,24,35H,12-17,19,21H2,1-4H3. The molecule has 1 aromatic heterocycles. The number of benzene rings is 2. The first-order chi connectivity index (χ1) is 20.1. The Morgan fingerprint density at radius 2 is 1.74 bits per heavy atom. The molecule has 1 aliphatic carbocycles. The summed E-state index contributed by atoms with van der Waals surface area (Å²) in [7, 11) is 0. The predicted octanol–water partition coefficient (Wildman–Crippen LogP) is 4.95. The molecule has 2 aromatic carbocycles. The number of aromatic amines is 1. The largest absolute Gasteiger partial charge is 0.459 e. The van der Waals surface area contributed by atoms with Gasteiger partial charge < -0.3 is 19.5 Å². The molecule has 1 N–H and O–H groups in total. The van der Waals surface area contributed by atoms with Crippen LogP contribution in [0.5, 0.6) is 0 Å². The van der Waals surface area contributed by atoms with Crippen molar-refractivity contribution in [1.29, 1.82) is 0 Å². The van der Waals surface area contributed by atoms with Crippen molar-refractivity contribution in [2.24, 2.45) is 5.92 Å². The van der Waals surface area contributed by atoms with E-state index in [0.717, 1.165) is 67.6 Å². The van der Waals surface area contributed by atoms with Gasteiger partial charge in [0, 0.05) is 73.3 Å². The summed E-state index contributed by atoms with van der Waals surface area (Å²) in [5.74, 6) is -0.0474. The fourth-order valence-corrected chi connectivity index (χ4v) is 6.32. The lowest BCUT2D eigenvalue weighted by molar-refractivity contribution is -0.140. The van der Waals surface area contributed by atoms with Crippen LogP contribution in [-0.2, 0) is 26.3 Å². The van der Waals surface area contributed by atoms with Crippen molar-refractivity contribution in [3.63, 3.8) is 0 Å². The van der Waals surface area contributed by atoms with Crippen molar-refractivity contribution < 1.29 is 19.1 Å². The van der Waals surface area contributed by atoms with Crippen LogP contribution in [0.4, 0.5) is 0 Å². The second kappa shape index (κ2) is 11.1. The van der Waals surface area contributed by atoms with Crippen molar-refractivity contribution >= 4 is 34.3 Å². The van der Waals surface area contributed by atoms with Gasteiger partial charge in [-0.15, -0.1) is 0 Å². The normalized spacial score (nSPS) is 18.9. The quantitative estimate of drug-likeness (QED) is 0.426. The number of hydrogen-bond donors (Lipinski definition) is 1. The van der Waals surface area contributed by atoms with Crippen LogP contribution in [0.2, 0.25) is 0 Å². The van der Waals surface area contributed by atoms with Crippen LogP contribution >= 0.6 is 0 Å². The summed E-state index contributed by atoms with van der Waals surface area (Å²) in [6, 6.07) is 15.8. The van der Waals surface area contributed by atoms with Crippen LogP contribution in [-0.4, -0.2) is 76.3 Å². The number of ether oxygens (including phenoxy) is 1. The highest BCUT2D eigenvalue weighted by atomic mass is 16.5. The number of nitrogens with one attached hydrogen (secondary N) is 1. The molecular weight excluding hydrogens is 528 g/mol. The van der Waals surface area contributed by atoms with Gasteiger partial charge in [0.1, 0.15) is 0 Å². The van der Waals surface area contributed by atoms with Gasteiger partial charge in [0.25, 0.3) is 5.91 Å². The SMILES string of the molecule is CC(C)OC(=O)C1=CN(C(=O)c2cccc(CN3CCN(C(=O)C4CC4)CC3)c2)CC(C)(C)c2c1[nH]c1ccccc21. The van der Waals surface area contributed by atoms with E-state index in [0.29, 0.717) is 29.3 Å². The average Bonchev–Trinajstić information content (AvgIpc) is 3.75. The summed E-state index contributed by atoms with van der Waals surface area (Å²) >= 11 is 0. The van der Waals surface area contributed by atoms with Crippen molar-refractivity contribution in [2.45, 2.75) is 58.6 Å². The maximum atomic E-state index is 14.1. The first-order valence-corrected chi connectivity index (χ1v) is 15.1. The molecule has 42 heavy (non-hydrogen) atoms. The minimum absolute atomic E-state index is 0.158. The number of carbonyl (C=O) groups excluding carboxylic acids is 3. The highest BCUT2D eigenvalue weighted by molar-refractivity contribution is 6.18. The highest BCUT2D eigenvalue weighted by Gasteiger charge is 2.38. The number of H-pyrrole nitrogens is 1. The van der Waals surface area contributed by atoms with Crippen LogP contribution in [0.25, 0.3) is 16.5 Å². The number of carbonyl (C=O) groups is 3. The van der Waals surface area contributed by atoms with E-state index < -0.39 is 11.4 Å². The molecule has 0 unspecified atom stereocenters. The lowest BCUT2D eigenvalue weighted by Gasteiger charge is -2.35. The summed E-state index contributed by atoms with van der Waals surface area (Å²) < 4.78 is 5.65. The van der Waals surface area contributed by atoms with Crippen molar-refractivity contribution in [3.05, 3.63) is 77.1 Å². The number of aromatic nitrogens is 1. The van der Waals surface area contributed by atoms with Crippen LogP contribution in [0, 0.1) is 5.92 Å². The van der Waals surface area contributed by atoms with Gasteiger partial charge in [-0.25, -0.2) is 4.79 Å². The summed E-state index contributed by atoms with van der Waals surface area (Å²) in [4.78, 5) is 49.4. The van der Waals surface area contributed by atoms with Crippen LogP contribution in [0.15, 0.2) is 54.7 Å². The number of piperazine rings is 1. The molecule has 8 nitrogen and oxygen atoms in total. The number of esters is 1. The van der Waals surface area contributed by atoms with E-state index in [4.69, 9.17) is 4.74 Å². The lowest BCUT2D eigenvalue weighted by Crippen LogP contribution is -2.48. The van der Waals surface area contributed by atoms with Gasteiger partial charge in [-0.3, -0.25) is 14.5 Å². The van der Waals surface area contributed by atoms with E-state index in [1.807, 2.05) is 61.2 Å². The summed E-state index contributed by atoms with van der Waals surface area (Å²) in [5.41, 5.74) is 4.19. The Morgan fingerprint density at radius 3 is 2.45 bits per heavy atom. The van der Waals surface area contributed by atoms with Crippen molar-refractivity contribution in [2.75, 3.05) is 32.7 Å². The summed E-state index contributed by atoms with van der Waals surface area (Å²) in [6.45, 7) is 12.2. The highest BCUT2D eigenvalue weighted by Crippen LogP contribution is 2.40. The molecule has 2 amide bonds. The van der Waals surface area contributed by atoms with E-state index >= 15 is 0 Å².